The van der Waals surface area contributed by atoms with Gasteiger partial charge in [-0.25, -0.2) is 36.2 Å². The van der Waals surface area contributed by atoms with Gasteiger partial charge in [0.2, 0.25) is 0 Å². The molecule has 4 aromatic rings. The van der Waals surface area contributed by atoms with Gasteiger partial charge in [0.1, 0.15) is 9.79 Å². The Hall–Kier alpha value is -4.78. The molecule has 2 aromatic heterocycles. The van der Waals surface area contributed by atoms with Crippen LogP contribution in [-0.2, 0) is 107 Å². The maximum Gasteiger partial charge on any atom is 0.331 e. The molecule has 0 saturated heterocycles. The number of carbonyl (C=O) groups is 2. The number of aryl methyl sites for hydroxylation is 6. The number of hydrogen-bond donors (Lipinski definition) is 4. The third-order valence-electron chi connectivity index (χ3n) is 12.6. The highest BCUT2D eigenvalue weighted by Crippen LogP contribution is 2.40. The van der Waals surface area contributed by atoms with Crippen LogP contribution in [0, 0.1) is 0 Å². The molecule has 2 atom stereocenters. The van der Waals surface area contributed by atoms with Gasteiger partial charge in [-0.3, -0.25) is 9.36 Å². The molecular formula is C42H54N10O6S2. The normalized spacial score (nSPS) is 19.2. The summed E-state index contributed by atoms with van der Waals surface area (Å²) in [6.45, 7) is 3.28. The monoisotopic (exact) mass is 858 g/mol. The van der Waals surface area contributed by atoms with E-state index in [1.165, 1.54) is 71.0 Å². The quantitative estimate of drug-likeness (QED) is 0.183. The average Bonchev–Trinajstić information content (AvgIpc) is 4.11. The topological polar surface area (TPSA) is 195 Å². The minimum absolute atomic E-state index is 0.310. The summed E-state index contributed by atoms with van der Waals surface area (Å²) in [5.41, 5.74) is 13.6. The van der Waals surface area contributed by atoms with Crippen LogP contribution >= 0.6 is 0 Å². The van der Waals surface area contributed by atoms with Crippen LogP contribution in [0.3, 0.4) is 0 Å². The second-order valence-electron chi connectivity index (χ2n) is 16.2. The molecule has 18 heteroatoms. The standard InChI is InChI=1S/2C21H27N5O3S/c2*1-22-30(28,19-12-23-26-9-4-10-29-13-18(19)26)25-21(27)24-20-16-7-2-5-14(16)11-15-6-3-8-17(15)20/h2*11-12H,2-10,13H2,1H3,(H2,22,24,25,27,28). The predicted octanol–water partition coefficient (Wildman–Crippen LogP) is 5.95. The predicted molar refractivity (Wildman–Crippen MR) is 228 cm³/mol. The molecule has 2 aromatic carbocycles. The van der Waals surface area contributed by atoms with E-state index >= 15 is 0 Å². The van der Waals surface area contributed by atoms with Gasteiger partial charge in [-0.15, -0.1) is 0 Å². The zero-order chi connectivity index (χ0) is 41.4. The number of rotatable bonds is 6. The van der Waals surface area contributed by atoms with Crippen molar-refractivity contribution < 1.29 is 27.5 Å². The minimum atomic E-state index is -3.17. The summed E-state index contributed by atoms with van der Waals surface area (Å²) in [5.74, 6) is 0. The molecule has 4 aliphatic carbocycles. The van der Waals surface area contributed by atoms with E-state index in [4.69, 9.17) is 9.47 Å². The van der Waals surface area contributed by atoms with Crippen molar-refractivity contribution in [1.29, 1.82) is 0 Å². The Morgan fingerprint density at radius 1 is 0.583 bits per heavy atom. The maximum atomic E-state index is 13.6. The Kier molecular flexibility index (Phi) is 11.5. The van der Waals surface area contributed by atoms with Crippen LogP contribution in [-0.4, -0.2) is 67.4 Å². The molecule has 320 valence electrons. The number of nitrogens with one attached hydrogen (secondary N) is 4. The second-order valence-corrected chi connectivity index (χ2v) is 20.3. The Labute approximate surface area is 351 Å². The second kappa shape index (κ2) is 16.9. The Morgan fingerprint density at radius 3 is 1.30 bits per heavy atom. The maximum absolute atomic E-state index is 13.6. The van der Waals surface area contributed by atoms with Crippen molar-refractivity contribution in [3.05, 3.63) is 80.4 Å². The lowest BCUT2D eigenvalue weighted by Gasteiger charge is -2.18. The van der Waals surface area contributed by atoms with E-state index in [2.05, 4.69) is 51.1 Å². The van der Waals surface area contributed by atoms with Gasteiger partial charge in [-0.2, -0.15) is 10.2 Å². The number of aromatic nitrogens is 4. The van der Waals surface area contributed by atoms with Crippen LogP contribution in [0.4, 0.5) is 21.0 Å². The summed E-state index contributed by atoms with van der Waals surface area (Å²) >= 11 is 0. The van der Waals surface area contributed by atoms with Gasteiger partial charge in [0.15, 0.2) is 19.8 Å². The average molecular weight is 859 g/mol. The van der Waals surface area contributed by atoms with Crippen molar-refractivity contribution in [2.24, 2.45) is 8.73 Å². The molecule has 2 unspecified atom stereocenters. The van der Waals surface area contributed by atoms with Gasteiger partial charge in [0.25, 0.3) is 0 Å². The third kappa shape index (κ3) is 7.71. The molecule has 4 heterocycles. The lowest BCUT2D eigenvalue weighted by molar-refractivity contribution is 0.123. The number of nitrogens with zero attached hydrogens (tertiary/aromatic N) is 6. The van der Waals surface area contributed by atoms with Crippen molar-refractivity contribution in [2.75, 3.05) is 37.9 Å². The smallest absolute Gasteiger partial charge is 0.331 e. The Balaban J connectivity index is 0.000000154. The first-order valence-electron chi connectivity index (χ1n) is 21.2. The molecule has 0 saturated carbocycles. The molecule has 4 N–H and O–H groups in total. The minimum Gasteiger partial charge on any atom is -0.375 e. The number of fused-ring (bicyclic) bond motifs is 6. The lowest BCUT2D eigenvalue weighted by Crippen LogP contribution is -2.35. The van der Waals surface area contributed by atoms with Gasteiger partial charge in [0.05, 0.1) is 37.0 Å². The fraction of sp³-hybridized carbons (Fsp3) is 0.524. The number of benzene rings is 2. The molecule has 0 bridgehead atoms. The summed E-state index contributed by atoms with van der Waals surface area (Å²) in [5, 5.41) is 14.8. The number of urea groups is 2. The number of hydrogen-bond acceptors (Lipinski definition) is 10. The van der Waals surface area contributed by atoms with Crippen LogP contribution < -0.4 is 20.1 Å². The number of carbonyl (C=O) groups excluding carboxylic acids is 2. The summed E-state index contributed by atoms with van der Waals surface area (Å²) < 4.78 is 55.5. The van der Waals surface area contributed by atoms with Crippen molar-refractivity contribution >= 4 is 43.3 Å². The van der Waals surface area contributed by atoms with Crippen LogP contribution in [0.15, 0.2) is 43.0 Å². The van der Waals surface area contributed by atoms with Crippen LogP contribution in [0.25, 0.3) is 0 Å². The third-order valence-corrected chi connectivity index (χ3v) is 16.4. The highest BCUT2D eigenvalue weighted by molar-refractivity contribution is 7.92. The summed E-state index contributed by atoms with van der Waals surface area (Å²) in [7, 11) is -3.41. The number of anilines is 2. The first-order valence-corrected chi connectivity index (χ1v) is 24.3. The van der Waals surface area contributed by atoms with Gasteiger partial charge in [0, 0.05) is 51.8 Å². The lowest BCUT2D eigenvalue weighted by atomic mass is 9.99. The fourth-order valence-electron chi connectivity index (χ4n) is 9.76. The molecule has 2 aliphatic heterocycles. The van der Waals surface area contributed by atoms with Crippen molar-refractivity contribution in [1.82, 2.24) is 29.0 Å². The van der Waals surface area contributed by atoms with E-state index in [1.54, 1.807) is 9.36 Å². The summed E-state index contributed by atoms with van der Waals surface area (Å²) in [6, 6.07) is 3.66. The fourth-order valence-corrected chi connectivity index (χ4v) is 12.5. The van der Waals surface area contributed by atoms with E-state index in [1.807, 2.05) is 0 Å². The first-order chi connectivity index (χ1) is 29.2. The molecule has 60 heavy (non-hydrogen) atoms. The van der Waals surface area contributed by atoms with Gasteiger partial charge < -0.3 is 20.1 Å². The zero-order valence-corrected chi connectivity index (χ0v) is 36.0. The van der Waals surface area contributed by atoms with E-state index in [0.29, 0.717) is 60.7 Å². The van der Waals surface area contributed by atoms with E-state index in [-0.39, 0.29) is 0 Å². The number of ether oxygens (including phenoxy) is 2. The SMILES string of the molecule is CN=S(=O)(NC(=O)Nc1c2c(cc3c1CCC3)CCC2)c1cnn2c1COCCC2.CN=S(=O)(NC(=O)Nc1c2c(cc3c1CCC3)CCC2)c1cnn2c1COCCC2. The molecular weight excluding hydrogens is 805 g/mol. The van der Waals surface area contributed by atoms with Gasteiger partial charge >= 0.3 is 12.1 Å². The molecule has 0 fully saturated rings. The number of amides is 4. The molecule has 16 nitrogen and oxygen atoms in total. The summed E-state index contributed by atoms with van der Waals surface area (Å²) in [4.78, 5) is 26.8. The summed E-state index contributed by atoms with van der Waals surface area (Å²) in [6.07, 6.45) is 17.3. The zero-order valence-electron chi connectivity index (χ0n) is 34.4. The van der Waals surface area contributed by atoms with Crippen LogP contribution in [0.1, 0.15) is 94.4 Å². The van der Waals surface area contributed by atoms with Crippen molar-refractivity contribution in [3.8, 4) is 0 Å². The Bertz CT molecular complexity index is 2370. The van der Waals surface area contributed by atoms with Gasteiger partial charge in [-0.1, -0.05) is 12.1 Å². The highest BCUT2D eigenvalue weighted by atomic mass is 32.2. The molecule has 0 radical (unpaired) electrons. The largest absolute Gasteiger partial charge is 0.375 e. The molecule has 6 aliphatic rings. The molecule has 0 spiro atoms. The van der Waals surface area contributed by atoms with E-state index in [9.17, 15) is 18.0 Å². The molecule has 10 rings (SSSR count). The van der Waals surface area contributed by atoms with Crippen LogP contribution in [0.2, 0.25) is 0 Å². The van der Waals surface area contributed by atoms with Crippen molar-refractivity contribution in [3.63, 3.8) is 0 Å². The first kappa shape index (κ1) is 40.6. The van der Waals surface area contributed by atoms with E-state index in [0.717, 1.165) is 101 Å². The van der Waals surface area contributed by atoms with Crippen LogP contribution in [0.5, 0.6) is 0 Å². The molecule has 4 amide bonds. The van der Waals surface area contributed by atoms with Crippen molar-refractivity contribution in [2.45, 2.75) is 126 Å². The Morgan fingerprint density at radius 2 is 0.950 bits per heavy atom. The highest BCUT2D eigenvalue weighted by Gasteiger charge is 2.30. The van der Waals surface area contributed by atoms with Gasteiger partial charge in [-0.05, 0) is 134 Å². The van der Waals surface area contributed by atoms with E-state index < -0.39 is 31.9 Å².